The third-order valence-electron chi connectivity index (χ3n) is 4.25. The first-order chi connectivity index (χ1) is 11.6. The van der Waals surface area contributed by atoms with Gasteiger partial charge < -0.3 is 5.32 Å². The molecule has 1 aliphatic heterocycles. The molecule has 0 bridgehead atoms. The van der Waals surface area contributed by atoms with Gasteiger partial charge in [-0.25, -0.2) is 0 Å². The van der Waals surface area contributed by atoms with Crippen LogP contribution in [-0.4, -0.2) is 17.9 Å². The van der Waals surface area contributed by atoms with E-state index in [0.29, 0.717) is 23.6 Å². The van der Waals surface area contributed by atoms with Gasteiger partial charge in [0.05, 0.1) is 0 Å². The highest BCUT2D eigenvalue weighted by Crippen LogP contribution is 2.28. The highest BCUT2D eigenvalue weighted by Gasteiger charge is 2.37. The Morgan fingerprint density at radius 1 is 1.17 bits per heavy atom. The topological polar surface area (TPSA) is 49.4 Å². The zero-order chi connectivity index (χ0) is 17.1. The summed E-state index contributed by atoms with van der Waals surface area (Å²) in [6.07, 6.45) is 1.84. The second-order valence-electron chi connectivity index (χ2n) is 5.83. The highest BCUT2D eigenvalue weighted by atomic mass is 35.5. The van der Waals surface area contributed by atoms with Crippen LogP contribution in [0.3, 0.4) is 0 Å². The number of benzene rings is 2. The van der Waals surface area contributed by atoms with E-state index in [1.165, 1.54) is 5.56 Å². The minimum atomic E-state index is -0.496. The largest absolute Gasteiger partial charge is 0.324 e. The molecule has 124 valence electrons. The van der Waals surface area contributed by atoms with Gasteiger partial charge in [0.25, 0.3) is 0 Å². The molecule has 1 heterocycles. The van der Waals surface area contributed by atoms with Crippen LogP contribution in [0.4, 0.5) is 11.4 Å². The Hall–Kier alpha value is -2.33. The van der Waals surface area contributed by atoms with Crippen molar-refractivity contribution in [1.29, 1.82) is 0 Å². The Morgan fingerprint density at radius 3 is 2.46 bits per heavy atom. The summed E-state index contributed by atoms with van der Waals surface area (Å²) in [6, 6.07) is 14.2. The van der Waals surface area contributed by atoms with Crippen molar-refractivity contribution in [3.05, 3.63) is 59.1 Å². The van der Waals surface area contributed by atoms with E-state index in [-0.39, 0.29) is 11.8 Å². The monoisotopic (exact) mass is 342 g/mol. The summed E-state index contributed by atoms with van der Waals surface area (Å²) in [5.74, 6) is -0.209. The predicted molar refractivity (Wildman–Crippen MR) is 96.4 cm³/mol. The third-order valence-corrected chi connectivity index (χ3v) is 4.50. The summed E-state index contributed by atoms with van der Waals surface area (Å²) in [6.45, 7) is 2.09. The summed E-state index contributed by atoms with van der Waals surface area (Å²) in [7, 11) is 0. The molecule has 1 atom stereocenters. The zero-order valence-electron chi connectivity index (χ0n) is 13.5. The molecular weight excluding hydrogens is 324 g/mol. The Kier molecular flexibility index (Phi) is 4.86. The molecule has 1 unspecified atom stereocenters. The second-order valence-corrected chi connectivity index (χ2v) is 6.27. The number of halogens is 1. The number of carbonyl (C=O) groups is 2. The van der Waals surface area contributed by atoms with Gasteiger partial charge in [-0.3, -0.25) is 14.5 Å². The fourth-order valence-electron chi connectivity index (χ4n) is 2.91. The van der Waals surface area contributed by atoms with Crippen molar-refractivity contribution in [3.8, 4) is 0 Å². The van der Waals surface area contributed by atoms with Gasteiger partial charge in [-0.1, -0.05) is 30.7 Å². The first kappa shape index (κ1) is 16.5. The number of rotatable bonds is 4. The number of nitrogens with zero attached hydrogens (tertiary/aromatic N) is 1. The van der Waals surface area contributed by atoms with Crippen LogP contribution in [0.2, 0.25) is 5.02 Å². The van der Waals surface area contributed by atoms with Crippen LogP contribution in [0, 0.1) is 0 Å². The molecule has 4 nitrogen and oxygen atoms in total. The molecule has 3 rings (SSSR count). The van der Waals surface area contributed by atoms with Crippen LogP contribution in [0.5, 0.6) is 0 Å². The van der Waals surface area contributed by atoms with Gasteiger partial charge in [0.15, 0.2) is 0 Å². The van der Waals surface area contributed by atoms with Crippen molar-refractivity contribution in [2.24, 2.45) is 0 Å². The minimum absolute atomic E-state index is 0.0428. The number of amides is 2. The average molecular weight is 343 g/mol. The van der Waals surface area contributed by atoms with Crippen LogP contribution in [-0.2, 0) is 16.0 Å². The summed E-state index contributed by atoms with van der Waals surface area (Å²) in [5.41, 5.74) is 2.66. The number of hydrogen-bond acceptors (Lipinski definition) is 2. The van der Waals surface area contributed by atoms with Gasteiger partial charge in [0, 0.05) is 22.8 Å². The van der Waals surface area contributed by atoms with Gasteiger partial charge in [-0.15, -0.1) is 0 Å². The number of anilines is 2. The molecule has 5 heteroatoms. The first-order valence-electron chi connectivity index (χ1n) is 8.06. The summed E-state index contributed by atoms with van der Waals surface area (Å²) >= 11 is 5.90. The lowest BCUT2D eigenvalue weighted by Crippen LogP contribution is -2.41. The molecule has 0 saturated carbocycles. The Morgan fingerprint density at radius 2 is 1.83 bits per heavy atom. The molecule has 2 amide bonds. The van der Waals surface area contributed by atoms with E-state index in [9.17, 15) is 9.59 Å². The van der Waals surface area contributed by atoms with Crippen molar-refractivity contribution in [1.82, 2.24) is 0 Å². The fraction of sp³-hybridized carbons (Fsp3) is 0.263. The lowest BCUT2D eigenvalue weighted by molar-refractivity contribution is -0.120. The Labute approximate surface area is 146 Å². The summed E-state index contributed by atoms with van der Waals surface area (Å²) in [4.78, 5) is 26.4. The van der Waals surface area contributed by atoms with Gasteiger partial charge in [-0.2, -0.15) is 0 Å². The number of hydrogen-bond donors (Lipinski definition) is 1. The lowest BCUT2D eigenvalue weighted by atomic mass is 10.1. The van der Waals surface area contributed by atoms with E-state index in [4.69, 9.17) is 11.6 Å². The lowest BCUT2D eigenvalue weighted by Gasteiger charge is -2.24. The number of carbonyl (C=O) groups excluding carboxylic acids is 2. The van der Waals surface area contributed by atoms with Crippen LogP contribution < -0.4 is 10.2 Å². The normalized spacial score (nSPS) is 17.2. The molecule has 1 N–H and O–H groups in total. The SMILES string of the molecule is CCc1ccc(NC(=O)C2CCC(=O)N2c2ccc(Cl)cc2)cc1. The highest BCUT2D eigenvalue weighted by molar-refractivity contribution is 6.30. The van der Waals surface area contributed by atoms with Crippen molar-refractivity contribution in [2.75, 3.05) is 10.2 Å². The molecule has 2 aromatic rings. The van der Waals surface area contributed by atoms with E-state index in [1.807, 2.05) is 24.3 Å². The van der Waals surface area contributed by atoms with Crippen molar-refractivity contribution in [2.45, 2.75) is 32.2 Å². The van der Waals surface area contributed by atoms with Crippen molar-refractivity contribution in [3.63, 3.8) is 0 Å². The van der Waals surface area contributed by atoms with Crippen molar-refractivity contribution < 1.29 is 9.59 Å². The van der Waals surface area contributed by atoms with Crippen LogP contribution in [0.1, 0.15) is 25.3 Å². The Balaban J connectivity index is 1.77. The molecule has 0 aromatic heterocycles. The van der Waals surface area contributed by atoms with Gasteiger partial charge >= 0.3 is 0 Å². The molecular formula is C19H19ClN2O2. The maximum Gasteiger partial charge on any atom is 0.247 e. The second kappa shape index (κ2) is 7.05. The predicted octanol–water partition coefficient (Wildman–Crippen LogP) is 4.04. The standard InChI is InChI=1S/C19H19ClN2O2/c1-2-13-3-7-15(8-4-13)21-19(24)17-11-12-18(23)22(17)16-9-5-14(20)6-10-16/h3-10,17H,2,11-12H2,1H3,(H,21,24). The first-order valence-corrected chi connectivity index (χ1v) is 8.43. The average Bonchev–Trinajstić information content (AvgIpc) is 2.98. The minimum Gasteiger partial charge on any atom is -0.324 e. The van der Waals surface area contributed by atoms with Crippen LogP contribution in [0.25, 0.3) is 0 Å². The van der Waals surface area contributed by atoms with E-state index in [1.54, 1.807) is 29.2 Å². The van der Waals surface area contributed by atoms with E-state index >= 15 is 0 Å². The molecule has 0 radical (unpaired) electrons. The van der Waals surface area contributed by atoms with Crippen LogP contribution in [0.15, 0.2) is 48.5 Å². The molecule has 1 saturated heterocycles. The third kappa shape index (κ3) is 3.44. The van der Waals surface area contributed by atoms with E-state index in [0.717, 1.165) is 12.1 Å². The number of aryl methyl sites for hydroxylation is 1. The van der Waals surface area contributed by atoms with Gasteiger partial charge in [0.1, 0.15) is 6.04 Å². The number of nitrogens with one attached hydrogen (secondary N) is 1. The molecule has 1 aliphatic rings. The molecule has 0 spiro atoms. The maximum absolute atomic E-state index is 12.6. The van der Waals surface area contributed by atoms with Crippen LogP contribution >= 0.6 is 11.6 Å². The summed E-state index contributed by atoms with van der Waals surface area (Å²) < 4.78 is 0. The van der Waals surface area contributed by atoms with E-state index in [2.05, 4.69) is 12.2 Å². The van der Waals surface area contributed by atoms with E-state index < -0.39 is 6.04 Å². The zero-order valence-corrected chi connectivity index (χ0v) is 14.2. The molecule has 0 aliphatic carbocycles. The summed E-state index contributed by atoms with van der Waals surface area (Å²) in [5, 5.41) is 3.51. The van der Waals surface area contributed by atoms with Crippen molar-refractivity contribution >= 4 is 34.8 Å². The quantitative estimate of drug-likeness (QED) is 0.911. The molecule has 2 aromatic carbocycles. The smallest absolute Gasteiger partial charge is 0.247 e. The van der Waals surface area contributed by atoms with Gasteiger partial charge in [0.2, 0.25) is 11.8 Å². The fourth-order valence-corrected chi connectivity index (χ4v) is 3.03. The Bertz CT molecular complexity index is 741. The molecule has 1 fully saturated rings. The maximum atomic E-state index is 12.6. The van der Waals surface area contributed by atoms with Gasteiger partial charge in [-0.05, 0) is 54.8 Å². The molecule has 24 heavy (non-hydrogen) atoms.